The van der Waals surface area contributed by atoms with Crippen molar-refractivity contribution in [3.8, 4) is 0 Å². The minimum absolute atomic E-state index is 0.0403. The number of alkyl halides is 3. The maximum absolute atomic E-state index is 13.6. The van der Waals surface area contributed by atoms with Gasteiger partial charge >= 0.3 is 12.2 Å². The molecule has 190 valence electrons. The summed E-state index contributed by atoms with van der Waals surface area (Å²) in [7, 11) is 5.18. The third-order valence-electron chi connectivity index (χ3n) is 5.64. The number of halogens is 5. The van der Waals surface area contributed by atoms with E-state index in [2.05, 4.69) is 4.98 Å². The number of benzene rings is 1. The molecule has 0 radical (unpaired) electrons. The number of hydrogen-bond donors (Lipinski definition) is 0. The summed E-state index contributed by atoms with van der Waals surface area (Å²) in [5.41, 5.74) is -0.643. The van der Waals surface area contributed by atoms with Gasteiger partial charge in [0.1, 0.15) is 17.7 Å². The largest absolute Gasteiger partial charge is 0.416 e. The van der Waals surface area contributed by atoms with Crippen LogP contribution in [0.5, 0.6) is 0 Å². The van der Waals surface area contributed by atoms with Gasteiger partial charge in [0.15, 0.2) is 0 Å². The molecule has 1 aromatic heterocycles. The Kier molecular flexibility index (Phi) is 7.90. The number of urea groups is 1. The number of likely N-dealkylation sites (N-methyl/N-ethyl adjacent to an activating group) is 1. The van der Waals surface area contributed by atoms with Gasteiger partial charge in [-0.2, -0.15) is 13.2 Å². The van der Waals surface area contributed by atoms with Gasteiger partial charge in [-0.1, -0.05) is 11.6 Å². The highest BCUT2D eigenvalue weighted by Crippen LogP contribution is 2.34. The Labute approximate surface area is 205 Å². The van der Waals surface area contributed by atoms with E-state index in [9.17, 15) is 27.2 Å². The second-order valence-corrected chi connectivity index (χ2v) is 9.03. The monoisotopic (exact) mass is 515 g/mol. The average molecular weight is 516 g/mol. The first-order chi connectivity index (χ1) is 16.3. The lowest BCUT2D eigenvalue weighted by molar-refractivity contribution is -0.137. The number of pyridine rings is 1. The van der Waals surface area contributed by atoms with Gasteiger partial charge in [0.25, 0.3) is 5.91 Å². The molecule has 0 bridgehead atoms. The molecule has 1 aliphatic rings. The normalized spacial score (nSPS) is 16.4. The highest BCUT2D eigenvalue weighted by atomic mass is 35.5. The van der Waals surface area contributed by atoms with E-state index in [1.807, 2.05) is 19.0 Å². The fraction of sp³-hybridized carbons (Fsp3) is 0.435. The molecule has 1 aliphatic heterocycles. The molecule has 0 spiro atoms. The van der Waals surface area contributed by atoms with Gasteiger partial charge in [0.05, 0.1) is 17.1 Å². The second-order valence-electron chi connectivity index (χ2n) is 8.62. The molecule has 2 heterocycles. The van der Waals surface area contributed by atoms with Crippen molar-refractivity contribution in [1.82, 2.24) is 14.8 Å². The molecule has 1 saturated heterocycles. The van der Waals surface area contributed by atoms with Crippen molar-refractivity contribution >= 4 is 35.0 Å². The predicted molar refractivity (Wildman–Crippen MR) is 125 cm³/mol. The fourth-order valence-corrected chi connectivity index (χ4v) is 4.02. The fourth-order valence-electron chi connectivity index (χ4n) is 3.85. The first kappa shape index (κ1) is 26.7. The van der Waals surface area contributed by atoms with E-state index in [-0.39, 0.29) is 28.8 Å². The standard InChI is InChI=1S/C23H26ClF4N5O2/c1-14-10-15(23(26,27)28)11-20(29-14)33-19(13-32(22(33)35)9-5-8-30(2)3)21(34)31(4)16-6-7-18(25)17(24)12-16/h6-7,10-12,19H,5,8-9,13H2,1-4H3/t19-/m0/s1. The van der Waals surface area contributed by atoms with E-state index in [4.69, 9.17) is 11.6 Å². The average Bonchev–Trinajstić information content (AvgIpc) is 3.09. The van der Waals surface area contributed by atoms with Gasteiger partial charge in [0.2, 0.25) is 0 Å². The van der Waals surface area contributed by atoms with Crippen LogP contribution < -0.4 is 9.80 Å². The van der Waals surface area contributed by atoms with Crippen LogP contribution in [-0.4, -0.2) is 73.5 Å². The molecule has 7 nitrogen and oxygen atoms in total. The Morgan fingerprint density at radius 2 is 1.89 bits per heavy atom. The summed E-state index contributed by atoms with van der Waals surface area (Å²) in [5, 5.41) is -0.193. The zero-order valence-electron chi connectivity index (χ0n) is 19.7. The number of aromatic nitrogens is 1. The van der Waals surface area contributed by atoms with Crippen LogP contribution in [0.2, 0.25) is 5.02 Å². The van der Waals surface area contributed by atoms with Crippen LogP contribution in [0.1, 0.15) is 17.7 Å². The van der Waals surface area contributed by atoms with Crippen molar-refractivity contribution in [1.29, 1.82) is 0 Å². The molecule has 2 aromatic rings. The summed E-state index contributed by atoms with van der Waals surface area (Å²) in [5.74, 6) is -1.50. The molecule has 1 fully saturated rings. The van der Waals surface area contributed by atoms with E-state index >= 15 is 0 Å². The summed E-state index contributed by atoms with van der Waals surface area (Å²) in [6.45, 7) is 2.33. The summed E-state index contributed by atoms with van der Waals surface area (Å²) in [6.07, 6.45) is -4.05. The van der Waals surface area contributed by atoms with E-state index in [1.54, 1.807) is 0 Å². The highest BCUT2D eigenvalue weighted by Gasteiger charge is 2.45. The zero-order chi connectivity index (χ0) is 26.1. The van der Waals surface area contributed by atoms with Crippen molar-refractivity contribution in [3.05, 3.63) is 52.4 Å². The number of rotatable bonds is 7. The molecular formula is C23H26ClF4N5O2. The highest BCUT2D eigenvalue weighted by molar-refractivity contribution is 6.31. The number of amides is 3. The van der Waals surface area contributed by atoms with Gasteiger partial charge in [-0.15, -0.1) is 0 Å². The second kappa shape index (κ2) is 10.4. The first-order valence-electron chi connectivity index (χ1n) is 10.8. The molecule has 0 aliphatic carbocycles. The Hall–Kier alpha value is -2.92. The van der Waals surface area contributed by atoms with Crippen LogP contribution in [0.4, 0.5) is 33.9 Å². The van der Waals surface area contributed by atoms with Crippen molar-refractivity contribution < 1.29 is 27.2 Å². The molecular weight excluding hydrogens is 490 g/mol. The lowest BCUT2D eigenvalue weighted by Gasteiger charge is -2.27. The van der Waals surface area contributed by atoms with Crippen LogP contribution in [0.3, 0.4) is 0 Å². The summed E-state index contributed by atoms with van der Waals surface area (Å²) < 4.78 is 54.0. The van der Waals surface area contributed by atoms with E-state index in [0.29, 0.717) is 19.5 Å². The van der Waals surface area contributed by atoms with Crippen LogP contribution >= 0.6 is 11.6 Å². The summed E-state index contributed by atoms with van der Waals surface area (Å²) in [4.78, 5) is 36.5. The number of carbonyl (C=O) groups is 2. The minimum atomic E-state index is -4.65. The SMILES string of the molecule is Cc1cc(C(F)(F)F)cc(N2C(=O)N(CCCN(C)C)C[C@H]2C(=O)N(C)c2ccc(F)c(Cl)c2)n1. The predicted octanol–water partition coefficient (Wildman–Crippen LogP) is 4.43. The number of aryl methyl sites for hydroxylation is 1. The quantitative estimate of drug-likeness (QED) is 0.512. The molecule has 0 unspecified atom stereocenters. The minimum Gasteiger partial charge on any atom is -0.322 e. The van der Waals surface area contributed by atoms with Gasteiger partial charge in [-0.3, -0.25) is 9.69 Å². The molecule has 0 N–H and O–H groups in total. The Morgan fingerprint density at radius 1 is 1.20 bits per heavy atom. The van der Waals surface area contributed by atoms with Crippen LogP contribution in [-0.2, 0) is 11.0 Å². The van der Waals surface area contributed by atoms with Crippen molar-refractivity contribution in [3.63, 3.8) is 0 Å². The molecule has 3 rings (SSSR count). The lowest BCUT2D eigenvalue weighted by atomic mass is 10.1. The van der Waals surface area contributed by atoms with Crippen molar-refractivity contribution in [2.75, 3.05) is 50.6 Å². The first-order valence-corrected chi connectivity index (χ1v) is 11.2. The summed E-state index contributed by atoms with van der Waals surface area (Å²) >= 11 is 5.85. The Morgan fingerprint density at radius 3 is 2.49 bits per heavy atom. The Bertz CT molecular complexity index is 1110. The number of nitrogens with zero attached hydrogens (tertiary/aromatic N) is 5. The topological polar surface area (TPSA) is 60.0 Å². The van der Waals surface area contributed by atoms with Gasteiger partial charge in [-0.25, -0.2) is 14.2 Å². The van der Waals surface area contributed by atoms with Gasteiger partial charge in [0, 0.05) is 25.0 Å². The van der Waals surface area contributed by atoms with Crippen LogP contribution in [0.15, 0.2) is 30.3 Å². The van der Waals surface area contributed by atoms with E-state index in [1.165, 1.54) is 35.9 Å². The third-order valence-corrected chi connectivity index (χ3v) is 5.92. The zero-order valence-corrected chi connectivity index (χ0v) is 20.5. The van der Waals surface area contributed by atoms with Gasteiger partial charge < -0.3 is 14.7 Å². The molecule has 3 amide bonds. The van der Waals surface area contributed by atoms with E-state index in [0.717, 1.165) is 23.1 Å². The lowest BCUT2D eigenvalue weighted by Crippen LogP contribution is -2.47. The van der Waals surface area contributed by atoms with Crippen molar-refractivity contribution in [2.45, 2.75) is 25.6 Å². The third kappa shape index (κ3) is 6.02. The summed E-state index contributed by atoms with van der Waals surface area (Å²) in [6, 6.07) is 3.60. The maximum atomic E-state index is 13.6. The Balaban J connectivity index is 1.99. The smallest absolute Gasteiger partial charge is 0.322 e. The van der Waals surface area contributed by atoms with Gasteiger partial charge in [-0.05, 0) is 64.3 Å². The van der Waals surface area contributed by atoms with E-state index < -0.39 is 35.5 Å². The molecule has 1 atom stereocenters. The molecule has 1 aromatic carbocycles. The molecule has 0 saturated carbocycles. The molecule has 12 heteroatoms. The number of carbonyl (C=O) groups excluding carboxylic acids is 2. The van der Waals surface area contributed by atoms with Crippen LogP contribution in [0, 0.1) is 12.7 Å². The number of anilines is 2. The van der Waals surface area contributed by atoms with Crippen LogP contribution in [0.25, 0.3) is 0 Å². The molecule has 35 heavy (non-hydrogen) atoms. The van der Waals surface area contributed by atoms with Crippen molar-refractivity contribution in [2.24, 2.45) is 0 Å². The number of hydrogen-bond acceptors (Lipinski definition) is 4. The maximum Gasteiger partial charge on any atom is 0.416 e.